The Hall–Kier alpha value is -2.77. The molecule has 0 bridgehead atoms. The molecule has 128 valence electrons. The summed E-state index contributed by atoms with van der Waals surface area (Å²) in [6, 6.07) is 11.2. The van der Waals surface area contributed by atoms with E-state index in [0.29, 0.717) is 33.4 Å². The van der Waals surface area contributed by atoms with E-state index in [0.717, 1.165) is 0 Å². The van der Waals surface area contributed by atoms with E-state index in [9.17, 15) is 23.2 Å². The molecule has 2 aromatic carbocycles. The molecule has 2 heterocycles. The van der Waals surface area contributed by atoms with Gasteiger partial charge in [-0.3, -0.25) is 14.4 Å². The van der Waals surface area contributed by atoms with Gasteiger partial charge in [0.2, 0.25) is 15.3 Å². The van der Waals surface area contributed by atoms with E-state index in [-0.39, 0.29) is 20.5 Å². The van der Waals surface area contributed by atoms with E-state index in [1.165, 1.54) is 36.4 Å². The van der Waals surface area contributed by atoms with Crippen LogP contribution in [-0.2, 0) is 0 Å². The summed E-state index contributed by atoms with van der Waals surface area (Å²) in [7, 11) is 0. The molecule has 2 aromatic heterocycles. The Morgan fingerprint density at radius 1 is 0.731 bits per heavy atom. The predicted molar refractivity (Wildman–Crippen MR) is 99.5 cm³/mol. The van der Waals surface area contributed by atoms with Crippen LogP contribution >= 0.6 is 22.7 Å². The number of fused-ring (bicyclic) bond motifs is 2. The summed E-state index contributed by atoms with van der Waals surface area (Å²) in [5.74, 6) is -1.84. The summed E-state index contributed by atoms with van der Waals surface area (Å²) in [6.45, 7) is 0. The van der Waals surface area contributed by atoms with Crippen molar-refractivity contribution < 1.29 is 13.6 Å². The molecule has 0 aliphatic heterocycles. The maximum atomic E-state index is 13.8. The summed E-state index contributed by atoms with van der Waals surface area (Å²) in [5, 5.41) is 0.807. The molecular weight excluding hydrogens is 378 g/mol. The number of hydrogen-bond donors (Lipinski definition) is 0. The van der Waals surface area contributed by atoms with Gasteiger partial charge in [0, 0.05) is 0 Å². The van der Waals surface area contributed by atoms with Crippen LogP contribution in [0.5, 0.6) is 0 Å². The zero-order valence-electron chi connectivity index (χ0n) is 12.9. The summed E-state index contributed by atoms with van der Waals surface area (Å²) in [4.78, 5) is 37.4. The molecule has 0 amide bonds. The Morgan fingerprint density at radius 2 is 1.15 bits per heavy atom. The Morgan fingerprint density at radius 3 is 1.58 bits per heavy atom. The van der Waals surface area contributed by atoms with Crippen molar-refractivity contribution in [2.24, 2.45) is 0 Å². The van der Waals surface area contributed by atoms with Crippen molar-refractivity contribution in [1.29, 1.82) is 0 Å². The first-order valence-corrected chi connectivity index (χ1v) is 9.08. The predicted octanol–water partition coefficient (Wildman–Crippen LogP) is 4.35. The molecule has 0 saturated carbocycles. The van der Waals surface area contributed by atoms with Gasteiger partial charge in [0.15, 0.2) is 0 Å². The van der Waals surface area contributed by atoms with Gasteiger partial charge in [0.25, 0.3) is 0 Å². The lowest BCUT2D eigenvalue weighted by Crippen LogP contribution is -2.18. The highest BCUT2D eigenvalue weighted by Crippen LogP contribution is 2.24. The maximum absolute atomic E-state index is 13.8. The van der Waals surface area contributed by atoms with E-state index in [4.69, 9.17) is 0 Å². The van der Waals surface area contributed by atoms with E-state index >= 15 is 0 Å². The Labute approximate surface area is 152 Å². The minimum atomic E-state index is -0.746. The number of carbonyl (C=O) groups is 1. The van der Waals surface area contributed by atoms with Crippen molar-refractivity contribution in [2.45, 2.75) is 0 Å². The number of carbonyl (C=O) groups excluding carboxylic acids is 1. The van der Waals surface area contributed by atoms with E-state index in [1.54, 1.807) is 12.1 Å². The van der Waals surface area contributed by atoms with Crippen LogP contribution in [0.15, 0.2) is 58.1 Å². The maximum Gasteiger partial charge on any atom is 0.244 e. The number of rotatable bonds is 2. The largest absolute Gasteiger partial charge is 0.288 e. The first-order valence-electron chi connectivity index (χ1n) is 7.45. The zero-order chi connectivity index (χ0) is 18.4. The average Bonchev–Trinajstić information content (AvgIpc) is 2.62. The highest BCUT2D eigenvalue weighted by Gasteiger charge is 2.19. The summed E-state index contributed by atoms with van der Waals surface area (Å²) >= 11 is 1.24. The van der Waals surface area contributed by atoms with Crippen molar-refractivity contribution >= 4 is 48.6 Å². The fourth-order valence-corrected chi connectivity index (χ4v) is 4.39. The molecule has 0 unspecified atom stereocenters. The van der Waals surface area contributed by atoms with Gasteiger partial charge in [-0.2, -0.15) is 0 Å². The average molecular weight is 386 g/mol. The molecule has 0 atom stereocenters. The summed E-state index contributed by atoms with van der Waals surface area (Å²) in [5.41, 5.74) is -0.402. The van der Waals surface area contributed by atoms with Gasteiger partial charge in [-0.15, -0.1) is 0 Å². The van der Waals surface area contributed by atoms with Gasteiger partial charge >= 0.3 is 0 Å². The zero-order valence-corrected chi connectivity index (χ0v) is 14.5. The van der Waals surface area contributed by atoms with Crippen molar-refractivity contribution in [3.63, 3.8) is 0 Å². The first kappa shape index (κ1) is 16.7. The van der Waals surface area contributed by atoms with E-state index in [2.05, 4.69) is 0 Å². The van der Waals surface area contributed by atoms with E-state index < -0.39 is 26.9 Å². The normalized spacial score (nSPS) is 11.2. The molecule has 0 N–H and O–H groups in total. The molecule has 0 aliphatic rings. The SMILES string of the molecule is O=C(c1cc2cccc(F)c2sc1=O)c1cc2cccc(F)c2sc1=O. The Balaban J connectivity index is 1.94. The second kappa shape index (κ2) is 6.19. The van der Waals surface area contributed by atoms with Crippen molar-refractivity contribution in [2.75, 3.05) is 0 Å². The van der Waals surface area contributed by atoms with Crippen LogP contribution in [0.25, 0.3) is 20.2 Å². The van der Waals surface area contributed by atoms with Gasteiger partial charge in [0.1, 0.15) is 11.6 Å². The molecule has 0 saturated heterocycles. The highest BCUT2D eigenvalue weighted by molar-refractivity contribution is 7.17. The quantitative estimate of drug-likeness (QED) is 0.482. The standard InChI is InChI=1S/C19H8F2O3S2/c20-13-5-1-3-9-7-11(18(23)25-16(9)13)15(22)12-8-10-4-2-6-14(21)17(10)26-19(12)24/h1-8H. The fourth-order valence-electron chi connectivity index (χ4n) is 2.68. The van der Waals surface area contributed by atoms with Crippen LogP contribution in [-0.4, -0.2) is 5.78 Å². The fraction of sp³-hybridized carbons (Fsp3) is 0. The van der Waals surface area contributed by atoms with Crippen LogP contribution < -0.4 is 9.48 Å². The third-order valence-corrected chi connectivity index (χ3v) is 5.99. The van der Waals surface area contributed by atoms with Gasteiger partial charge in [-0.25, -0.2) is 8.78 Å². The molecule has 4 aromatic rings. The lowest BCUT2D eigenvalue weighted by Gasteiger charge is -2.04. The molecule has 3 nitrogen and oxygen atoms in total. The number of halogens is 2. The third kappa shape index (κ3) is 2.65. The number of benzene rings is 2. The van der Waals surface area contributed by atoms with Gasteiger partial charge in [-0.05, 0) is 35.0 Å². The molecule has 7 heteroatoms. The molecule has 4 rings (SSSR count). The summed E-state index contributed by atoms with van der Waals surface area (Å²) < 4.78 is 26.7. The van der Waals surface area contributed by atoms with Crippen LogP contribution in [0.1, 0.15) is 15.9 Å². The molecule has 26 heavy (non-hydrogen) atoms. The van der Waals surface area contributed by atoms with Gasteiger partial charge in [0.05, 0.1) is 20.5 Å². The minimum absolute atomic E-state index is 0.153. The van der Waals surface area contributed by atoms with Crippen molar-refractivity contribution in [3.05, 3.63) is 90.4 Å². The third-order valence-electron chi connectivity index (χ3n) is 3.91. The Kier molecular flexibility index (Phi) is 3.97. The molecule has 0 fully saturated rings. The van der Waals surface area contributed by atoms with Crippen LogP contribution in [0.4, 0.5) is 8.78 Å². The van der Waals surface area contributed by atoms with Gasteiger partial charge in [-0.1, -0.05) is 46.9 Å². The van der Waals surface area contributed by atoms with Crippen LogP contribution in [0, 0.1) is 11.6 Å². The molecule has 0 spiro atoms. The monoisotopic (exact) mass is 386 g/mol. The smallest absolute Gasteiger partial charge is 0.244 e. The highest BCUT2D eigenvalue weighted by atomic mass is 32.1. The second-order valence-corrected chi connectivity index (χ2v) is 7.51. The first-order chi connectivity index (χ1) is 12.5. The molecule has 0 radical (unpaired) electrons. The Bertz CT molecular complexity index is 1220. The van der Waals surface area contributed by atoms with Crippen LogP contribution in [0.3, 0.4) is 0 Å². The lowest BCUT2D eigenvalue weighted by molar-refractivity contribution is 0.103. The van der Waals surface area contributed by atoms with E-state index in [1.807, 2.05) is 0 Å². The van der Waals surface area contributed by atoms with Gasteiger partial charge < -0.3 is 0 Å². The summed E-state index contributed by atoms with van der Waals surface area (Å²) in [6.07, 6.45) is 0. The minimum Gasteiger partial charge on any atom is -0.288 e. The van der Waals surface area contributed by atoms with Crippen molar-refractivity contribution in [3.8, 4) is 0 Å². The lowest BCUT2D eigenvalue weighted by atomic mass is 10.1. The second-order valence-electron chi connectivity index (χ2n) is 5.54. The molecule has 0 aliphatic carbocycles. The number of ketones is 1. The number of hydrogen-bond acceptors (Lipinski definition) is 5. The van der Waals surface area contributed by atoms with Crippen molar-refractivity contribution in [1.82, 2.24) is 0 Å². The molecular formula is C19H8F2O3S2. The van der Waals surface area contributed by atoms with Crippen LogP contribution in [0.2, 0.25) is 0 Å². The topological polar surface area (TPSA) is 51.2 Å².